The van der Waals surface area contributed by atoms with Crippen molar-refractivity contribution in [2.45, 2.75) is 32.0 Å². The van der Waals surface area contributed by atoms with E-state index in [9.17, 15) is 13.2 Å². The maximum atomic E-state index is 12.7. The highest BCUT2D eigenvalue weighted by molar-refractivity contribution is 7.89. The molecule has 24 heavy (non-hydrogen) atoms. The van der Waals surface area contributed by atoms with E-state index in [4.69, 9.17) is 4.74 Å². The third kappa shape index (κ3) is 2.49. The molecular formula is C15H21N3O4S2. The first-order chi connectivity index (χ1) is 11.3. The summed E-state index contributed by atoms with van der Waals surface area (Å²) >= 11 is 1.46. The Labute approximate surface area is 145 Å². The van der Waals surface area contributed by atoms with Gasteiger partial charge in [0, 0.05) is 30.9 Å². The maximum Gasteiger partial charge on any atom is 0.273 e. The second kappa shape index (κ2) is 5.48. The number of sulfonamides is 1. The quantitative estimate of drug-likeness (QED) is 0.782. The second-order valence-electron chi connectivity index (χ2n) is 6.87. The van der Waals surface area contributed by atoms with Gasteiger partial charge in [0.1, 0.15) is 11.3 Å². The number of ether oxygens (including phenoxy) is 1. The van der Waals surface area contributed by atoms with Gasteiger partial charge in [0.25, 0.3) is 5.91 Å². The largest absolute Gasteiger partial charge is 0.366 e. The molecule has 1 unspecified atom stereocenters. The number of thiazole rings is 1. The van der Waals surface area contributed by atoms with E-state index in [-0.39, 0.29) is 23.7 Å². The Morgan fingerprint density at radius 3 is 2.92 bits per heavy atom. The van der Waals surface area contributed by atoms with Crippen molar-refractivity contribution in [1.82, 2.24) is 14.2 Å². The lowest BCUT2D eigenvalue weighted by atomic mass is 9.91. The van der Waals surface area contributed by atoms with Crippen LogP contribution in [0.15, 0.2) is 5.38 Å². The van der Waals surface area contributed by atoms with Crippen LogP contribution in [0.5, 0.6) is 0 Å². The Hall–Kier alpha value is -1.03. The Bertz CT molecular complexity index is 777. The van der Waals surface area contributed by atoms with Gasteiger partial charge in [0.2, 0.25) is 10.0 Å². The molecule has 0 saturated carbocycles. The van der Waals surface area contributed by atoms with Crippen LogP contribution in [0.3, 0.4) is 0 Å². The summed E-state index contributed by atoms with van der Waals surface area (Å²) in [6.07, 6.45) is 0.814. The van der Waals surface area contributed by atoms with Crippen LogP contribution in [0.25, 0.3) is 0 Å². The van der Waals surface area contributed by atoms with Gasteiger partial charge in [-0.05, 0) is 20.3 Å². The van der Waals surface area contributed by atoms with Crippen LogP contribution in [0.1, 0.15) is 28.8 Å². The van der Waals surface area contributed by atoms with Gasteiger partial charge in [-0.1, -0.05) is 0 Å². The minimum atomic E-state index is -3.23. The lowest BCUT2D eigenvalue weighted by Gasteiger charge is -2.40. The minimum Gasteiger partial charge on any atom is -0.366 e. The molecule has 0 radical (unpaired) electrons. The van der Waals surface area contributed by atoms with Crippen LogP contribution < -0.4 is 0 Å². The number of amides is 1. The van der Waals surface area contributed by atoms with Crippen LogP contribution in [-0.4, -0.2) is 72.2 Å². The molecule has 3 aliphatic heterocycles. The molecular weight excluding hydrogens is 350 g/mol. The monoisotopic (exact) mass is 371 g/mol. The van der Waals surface area contributed by atoms with E-state index < -0.39 is 15.6 Å². The van der Waals surface area contributed by atoms with Crippen molar-refractivity contribution < 1.29 is 17.9 Å². The highest BCUT2D eigenvalue weighted by Gasteiger charge is 2.60. The Morgan fingerprint density at radius 1 is 1.46 bits per heavy atom. The molecule has 1 spiro atoms. The average Bonchev–Trinajstić information content (AvgIpc) is 3.17. The number of aryl methyl sites for hydroxylation is 1. The number of rotatable bonds is 3. The fraction of sp³-hybridized carbons (Fsp3) is 0.733. The van der Waals surface area contributed by atoms with Crippen molar-refractivity contribution in [1.29, 1.82) is 0 Å². The summed E-state index contributed by atoms with van der Waals surface area (Å²) in [5.41, 5.74) is -0.0749. The highest BCUT2D eigenvalue weighted by Crippen LogP contribution is 2.46. The van der Waals surface area contributed by atoms with Crippen LogP contribution in [0.4, 0.5) is 0 Å². The molecule has 0 aromatic carbocycles. The van der Waals surface area contributed by atoms with Crippen molar-refractivity contribution in [2.24, 2.45) is 5.92 Å². The normalized spacial score (nSPS) is 33.0. The van der Waals surface area contributed by atoms with E-state index in [1.165, 1.54) is 15.6 Å². The first-order valence-electron chi connectivity index (χ1n) is 8.20. The SMILES string of the molecule is CCS(=O)(=O)N1CC2C[C@@H]3CN(C(=O)c4csc(C)n4)C[C@@]2(C1)O3. The van der Waals surface area contributed by atoms with E-state index in [2.05, 4.69) is 4.98 Å². The predicted molar refractivity (Wildman–Crippen MR) is 89.5 cm³/mol. The summed E-state index contributed by atoms with van der Waals surface area (Å²) in [5, 5.41) is 2.65. The van der Waals surface area contributed by atoms with Gasteiger partial charge in [0.05, 0.1) is 23.4 Å². The molecule has 1 amide bonds. The summed E-state index contributed by atoms with van der Waals surface area (Å²) < 4.78 is 32.1. The third-order valence-electron chi connectivity index (χ3n) is 5.33. The number of hydrogen-bond donors (Lipinski definition) is 0. The van der Waals surface area contributed by atoms with Gasteiger partial charge >= 0.3 is 0 Å². The predicted octanol–water partition coefficient (Wildman–Crippen LogP) is 0.717. The van der Waals surface area contributed by atoms with E-state index in [0.717, 1.165) is 11.4 Å². The molecule has 7 nitrogen and oxygen atoms in total. The van der Waals surface area contributed by atoms with Crippen LogP contribution >= 0.6 is 11.3 Å². The number of hydrogen-bond acceptors (Lipinski definition) is 6. The van der Waals surface area contributed by atoms with E-state index in [0.29, 0.717) is 31.9 Å². The van der Waals surface area contributed by atoms with Crippen molar-refractivity contribution in [3.63, 3.8) is 0 Å². The summed E-state index contributed by atoms with van der Waals surface area (Å²) in [6.45, 7) is 5.40. The molecule has 2 bridgehead atoms. The molecule has 1 aromatic rings. The maximum absolute atomic E-state index is 12.7. The Balaban J connectivity index is 1.57. The fourth-order valence-corrected chi connectivity index (χ4v) is 5.93. The third-order valence-corrected chi connectivity index (χ3v) is 7.89. The Morgan fingerprint density at radius 2 is 2.25 bits per heavy atom. The summed E-state index contributed by atoms with van der Waals surface area (Å²) in [5.74, 6) is 0.184. The van der Waals surface area contributed by atoms with Gasteiger partial charge in [-0.15, -0.1) is 11.3 Å². The van der Waals surface area contributed by atoms with Gasteiger partial charge in [0.15, 0.2) is 0 Å². The zero-order chi connectivity index (χ0) is 17.1. The van der Waals surface area contributed by atoms with Crippen molar-refractivity contribution in [3.05, 3.63) is 16.1 Å². The highest BCUT2D eigenvalue weighted by atomic mass is 32.2. The van der Waals surface area contributed by atoms with E-state index in [1.54, 1.807) is 17.2 Å². The number of likely N-dealkylation sites (tertiary alicyclic amines) is 1. The average molecular weight is 371 g/mol. The van der Waals surface area contributed by atoms with Crippen molar-refractivity contribution >= 4 is 27.3 Å². The lowest BCUT2D eigenvalue weighted by molar-refractivity contribution is -0.100. The minimum absolute atomic E-state index is 0.00101. The molecule has 4 rings (SSSR count). The molecule has 3 saturated heterocycles. The van der Waals surface area contributed by atoms with Gasteiger partial charge in [-0.2, -0.15) is 4.31 Å². The molecule has 3 aliphatic rings. The molecule has 132 valence electrons. The summed E-state index contributed by atoms with van der Waals surface area (Å²) in [4.78, 5) is 18.8. The molecule has 4 heterocycles. The molecule has 3 atom stereocenters. The zero-order valence-electron chi connectivity index (χ0n) is 13.8. The van der Waals surface area contributed by atoms with Gasteiger partial charge < -0.3 is 9.64 Å². The number of carbonyl (C=O) groups excluding carboxylic acids is 1. The van der Waals surface area contributed by atoms with Gasteiger partial charge in [-0.25, -0.2) is 13.4 Å². The smallest absolute Gasteiger partial charge is 0.273 e. The topological polar surface area (TPSA) is 79.8 Å². The molecule has 0 aliphatic carbocycles. The van der Waals surface area contributed by atoms with E-state index in [1.807, 2.05) is 6.92 Å². The number of aromatic nitrogens is 1. The lowest BCUT2D eigenvalue weighted by Crippen LogP contribution is -2.56. The molecule has 0 N–H and O–H groups in total. The first-order valence-corrected chi connectivity index (χ1v) is 10.7. The molecule has 1 aromatic heterocycles. The molecule has 9 heteroatoms. The summed E-state index contributed by atoms with van der Waals surface area (Å²) in [7, 11) is -3.23. The van der Waals surface area contributed by atoms with Gasteiger partial charge in [-0.3, -0.25) is 4.79 Å². The number of fused-ring (bicyclic) bond motifs is 1. The summed E-state index contributed by atoms with van der Waals surface area (Å²) in [6, 6.07) is 0. The van der Waals surface area contributed by atoms with Crippen LogP contribution in [0, 0.1) is 12.8 Å². The first kappa shape index (κ1) is 16.4. The van der Waals surface area contributed by atoms with Crippen molar-refractivity contribution in [2.75, 3.05) is 31.9 Å². The van der Waals surface area contributed by atoms with E-state index >= 15 is 0 Å². The Kier molecular flexibility index (Phi) is 3.76. The molecule has 3 fully saturated rings. The number of nitrogens with zero attached hydrogens (tertiary/aromatic N) is 3. The zero-order valence-corrected chi connectivity index (χ0v) is 15.4. The standard InChI is InChI=1S/C15H21N3O4S2/c1-3-24(20,21)18-5-11-4-12-6-17(8-15(11,9-18)22-12)14(19)13-7-23-10(2)16-13/h7,11-12H,3-6,8-9H2,1-2H3/t11?,12-,15+/m1/s1. The van der Waals surface area contributed by atoms with Crippen LogP contribution in [-0.2, 0) is 14.8 Å². The fourth-order valence-electron chi connectivity index (χ4n) is 4.16. The second-order valence-corrected chi connectivity index (χ2v) is 10.2. The number of carbonyl (C=O) groups is 1. The van der Waals surface area contributed by atoms with Crippen molar-refractivity contribution in [3.8, 4) is 0 Å². The van der Waals surface area contributed by atoms with Crippen LogP contribution in [0.2, 0.25) is 0 Å². The number of morpholine rings is 1.